The molecule has 5 heteroatoms. The summed E-state index contributed by atoms with van der Waals surface area (Å²) in [5.74, 6) is 0. The predicted molar refractivity (Wildman–Crippen MR) is 64.2 cm³/mol. The lowest BCUT2D eigenvalue weighted by molar-refractivity contribution is 0.564. The van der Waals surface area contributed by atoms with Crippen LogP contribution in [0.5, 0.6) is 0 Å². The normalized spacial score (nSPS) is 19.8. The summed E-state index contributed by atoms with van der Waals surface area (Å²) in [4.78, 5) is 6.02. The Morgan fingerprint density at radius 3 is 3.12 bits per heavy atom. The molecule has 2 N–H and O–H groups in total. The van der Waals surface area contributed by atoms with Gasteiger partial charge in [-0.05, 0) is 25.3 Å². The molecule has 1 unspecified atom stereocenters. The minimum atomic E-state index is 0.127. The second kappa shape index (κ2) is 3.68. The van der Waals surface area contributed by atoms with Gasteiger partial charge in [0.2, 0.25) is 0 Å². The van der Waals surface area contributed by atoms with Crippen molar-refractivity contribution in [2.45, 2.75) is 25.3 Å². The lowest BCUT2D eigenvalue weighted by Gasteiger charge is -2.15. The monoisotopic (exact) mass is 234 g/mol. The molecule has 0 saturated heterocycles. The Labute approximate surface area is 98.1 Å². The molecule has 2 heterocycles. The number of fused-ring (bicyclic) bond motifs is 1. The Balaban J connectivity index is 2.08. The number of hydrogen-bond donors (Lipinski definition) is 1. The molecule has 0 amide bonds. The maximum atomic E-state index is 6.07. The van der Waals surface area contributed by atoms with Crippen molar-refractivity contribution in [1.29, 1.82) is 0 Å². The van der Waals surface area contributed by atoms with Gasteiger partial charge in [-0.3, -0.25) is 4.68 Å². The molecule has 1 atom stereocenters. The third-order valence-electron chi connectivity index (χ3n) is 3.04. The first-order valence-electron chi connectivity index (χ1n) is 5.49. The van der Waals surface area contributed by atoms with Crippen LogP contribution < -0.4 is 5.73 Å². The Kier molecular flexibility index (Phi) is 2.29. The van der Waals surface area contributed by atoms with Crippen molar-refractivity contribution in [3.05, 3.63) is 22.8 Å². The van der Waals surface area contributed by atoms with E-state index < -0.39 is 0 Å². The van der Waals surface area contributed by atoms with Gasteiger partial charge in [0.1, 0.15) is 5.01 Å². The predicted octanol–water partition coefficient (Wildman–Crippen LogP) is 1.88. The van der Waals surface area contributed by atoms with E-state index >= 15 is 0 Å². The zero-order chi connectivity index (χ0) is 11.1. The van der Waals surface area contributed by atoms with Crippen LogP contribution in [0.4, 0.5) is 0 Å². The standard InChI is InChI=1S/C11H14N4S/c1-15-8(5-6-13-15)11-14-10-7(12)3-2-4-9(10)16-11/h5-7H,2-4,12H2,1H3. The average Bonchev–Trinajstić information content (AvgIpc) is 2.84. The Morgan fingerprint density at radius 2 is 2.44 bits per heavy atom. The maximum Gasteiger partial charge on any atom is 0.142 e. The van der Waals surface area contributed by atoms with Gasteiger partial charge in [-0.2, -0.15) is 5.10 Å². The first-order valence-corrected chi connectivity index (χ1v) is 6.31. The van der Waals surface area contributed by atoms with Gasteiger partial charge in [0.05, 0.1) is 11.4 Å². The fraction of sp³-hybridized carbons (Fsp3) is 0.455. The van der Waals surface area contributed by atoms with E-state index in [1.807, 2.05) is 17.8 Å². The first-order chi connectivity index (χ1) is 7.75. The van der Waals surface area contributed by atoms with Gasteiger partial charge in [0.25, 0.3) is 0 Å². The molecule has 84 valence electrons. The summed E-state index contributed by atoms with van der Waals surface area (Å²) in [6.45, 7) is 0. The minimum absolute atomic E-state index is 0.127. The first kappa shape index (κ1) is 9.99. The van der Waals surface area contributed by atoms with E-state index in [4.69, 9.17) is 5.73 Å². The number of rotatable bonds is 1. The number of aromatic nitrogens is 3. The third-order valence-corrected chi connectivity index (χ3v) is 4.19. The summed E-state index contributed by atoms with van der Waals surface area (Å²) in [7, 11) is 1.94. The number of nitrogens with two attached hydrogens (primary N) is 1. The van der Waals surface area contributed by atoms with E-state index in [0.717, 1.165) is 29.2 Å². The van der Waals surface area contributed by atoms with Crippen LogP contribution in [0.3, 0.4) is 0 Å². The molecule has 4 nitrogen and oxygen atoms in total. The smallest absolute Gasteiger partial charge is 0.142 e. The highest BCUT2D eigenvalue weighted by molar-refractivity contribution is 7.15. The Morgan fingerprint density at radius 1 is 1.56 bits per heavy atom. The molecule has 0 radical (unpaired) electrons. The molecular formula is C11H14N4S. The van der Waals surface area contributed by atoms with Gasteiger partial charge < -0.3 is 5.73 Å². The molecule has 0 aliphatic heterocycles. The summed E-state index contributed by atoms with van der Waals surface area (Å²) >= 11 is 1.76. The second-order valence-electron chi connectivity index (χ2n) is 4.17. The molecule has 2 aromatic rings. The number of nitrogens with zero attached hydrogens (tertiary/aromatic N) is 3. The van der Waals surface area contributed by atoms with Gasteiger partial charge in [0, 0.05) is 24.2 Å². The second-order valence-corrected chi connectivity index (χ2v) is 5.25. The van der Waals surface area contributed by atoms with E-state index in [1.54, 1.807) is 17.5 Å². The molecule has 1 aliphatic carbocycles. The number of hydrogen-bond acceptors (Lipinski definition) is 4. The van der Waals surface area contributed by atoms with Crippen LogP contribution in [0, 0.1) is 0 Å². The lowest BCUT2D eigenvalue weighted by atomic mass is 9.99. The van der Waals surface area contributed by atoms with Crippen LogP contribution in [0.25, 0.3) is 10.7 Å². The summed E-state index contributed by atoms with van der Waals surface area (Å²) in [6, 6.07) is 2.12. The molecule has 16 heavy (non-hydrogen) atoms. The van der Waals surface area contributed by atoms with Gasteiger partial charge in [0.15, 0.2) is 0 Å². The van der Waals surface area contributed by atoms with E-state index in [9.17, 15) is 0 Å². The molecule has 0 bridgehead atoms. The van der Waals surface area contributed by atoms with E-state index in [1.165, 1.54) is 11.3 Å². The zero-order valence-electron chi connectivity index (χ0n) is 9.18. The van der Waals surface area contributed by atoms with Gasteiger partial charge >= 0.3 is 0 Å². The Bertz CT molecular complexity index is 514. The van der Waals surface area contributed by atoms with Gasteiger partial charge in [-0.25, -0.2) is 4.98 Å². The highest BCUT2D eigenvalue weighted by Crippen LogP contribution is 2.35. The molecule has 2 aromatic heterocycles. The van der Waals surface area contributed by atoms with Gasteiger partial charge in [-0.1, -0.05) is 0 Å². The maximum absolute atomic E-state index is 6.07. The van der Waals surface area contributed by atoms with E-state index in [-0.39, 0.29) is 6.04 Å². The quantitative estimate of drug-likeness (QED) is 0.819. The molecule has 1 aliphatic rings. The van der Waals surface area contributed by atoms with Crippen LogP contribution in [0.15, 0.2) is 12.3 Å². The van der Waals surface area contributed by atoms with Crippen LogP contribution in [-0.2, 0) is 13.5 Å². The van der Waals surface area contributed by atoms with Crippen molar-refractivity contribution >= 4 is 11.3 Å². The van der Waals surface area contributed by atoms with E-state index in [0.29, 0.717) is 0 Å². The summed E-state index contributed by atoms with van der Waals surface area (Å²) in [5, 5.41) is 5.21. The SMILES string of the molecule is Cn1nccc1-c1nc2c(s1)CCCC2N. The van der Waals surface area contributed by atoms with Crippen molar-refractivity contribution in [1.82, 2.24) is 14.8 Å². The molecular weight excluding hydrogens is 220 g/mol. The molecule has 0 aromatic carbocycles. The fourth-order valence-corrected chi connectivity index (χ4v) is 3.37. The van der Waals surface area contributed by atoms with Crippen LogP contribution in [-0.4, -0.2) is 14.8 Å². The minimum Gasteiger partial charge on any atom is -0.323 e. The van der Waals surface area contributed by atoms with Crippen molar-refractivity contribution in [2.24, 2.45) is 12.8 Å². The van der Waals surface area contributed by atoms with Crippen LogP contribution in [0.2, 0.25) is 0 Å². The largest absolute Gasteiger partial charge is 0.323 e. The molecule has 0 spiro atoms. The van der Waals surface area contributed by atoms with Crippen molar-refractivity contribution < 1.29 is 0 Å². The third kappa shape index (κ3) is 1.47. The number of thiazole rings is 1. The molecule has 0 fully saturated rings. The Hall–Kier alpha value is -1.20. The lowest BCUT2D eigenvalue weighted by Crippen LogP contribution is -2.16. The summed E-state index contributed by atoms with van der Waals surface area (Å²) in [6.07, 6.45) is 5.16. The van der Waals surface area contributed by atoms with Crippen LogP contribution >= 0.6 is 11.3 Å². The van der Waals surface area contributed by atoms with Gasteiger partial charge in [-0.15, -0.1) is 11.3 Å². The topological polar surface area (TPSA) is 56.7 Å². The average molecular weight is 234 g/mol. The number of aryl methyl sites for hydroxylation is 2. The van der Waals surface area contributed by atoms with E-state index in [2.05, 4.69) is 10.1 Å². The molecule has 0 saturated carbocycles. The van der Waals surface area contributed by atoms with Crippen molar-refractivity contribution in [3.63, 3.8) is 0 Å². The summed E-state index contributed by atoms with van der Waals surface area (Å²) in [5.41, 5.74) is 8.25. The molecule has 3 rings (SSSR count). The van der Waals surface area contributed by atoms with Crippen LogP contribution in [0.1, 0.15) is 29.5 Å². The van der Waals surface area contributed by atoms with Crippen molar-refractivity contribution in [2.75, 3.05) is 0 Å². The highest BCUT2D eigenvalue weighted by Gasteiger charge is 2.22. The highest BCUT2D eigenvalue weighted by atomic mass is 32.1. The summed E-state index contributed by atoms with van der Waals surface area (Å²) < 4.78 is 1.86. The fourth-order valence-electron chi connectivity index (χ4n) is 2.14. The zero-order valence-corrected chi connectivity index (χ0v) is 10.00. The van der Waals surface area contributed by atoms with Crippen molar-refractivity contribution in [3.8, 4) is 10.7 Å².